The number of nitro benzene ring substituents is 1. The minimum absolute atomic E-state index is 0.0237. The van der Waals surface area contributed by atoms with Gasteiger partial charge in [0.2, 0.25) is 12.0 Å². The number of benzene rings is 2. The summed E-state index contributed by atoms with van der Waals surface area (Å²) < 4.78 is 11.5. The van der Waals surface area contributed by atoms with Crippen molar-refractivity contribution in [2.45, 2.75) is 19.4 Å². The number of hydrogen-bond acceptors (Lipinski definition) is 7. The van der Waals surface area contributed by atoms with Crippen LogP contribution in [-0.4, -0.2) is 72.0 Å². The fraction of sp³-hybridized carbons (Fsp3) is 0.391. The maximum atomic E-state index is 12.8. The number of amides is 2. The van der Waals surface area contributed by atoms with Crippen molar-refractivity contribution >= 4 is 23.2 Å². The number of para-hydroxylation sites is 2. The molecule has 10 nitrogen and oxygen atoms in total. The van der Waals surface area contributed by atoms with Crippen molar-refractivity contribution in [1.29, 1.82) is 0 Å². The molecule has 0 radical (unpaired) electrons. The molecule has 4 rings (SSSR count). The highest BCUT2D eigenvalue weighted by atomic mass is 16.6. The molecule has 2 aliphatic rings. The second kappa shape index (κ2) is 9.86. The van der Waals surface area contributed by atoms with Gasteiger partial charge >= 0.3 is 0 Å². The van der Waals surface area contributed by atoms with Crippen molar-refractivity contribution in [3.05, 3.63) is 58.1 Å². The fourth-order valence-corrected chi connectivity index (χ4v) is 3.97. The Kier molecular flexibility index (Phi) is 6.74. The first-order chi connectivity index (χ1) is 15.9. The second-order valence-electron chi connectivity index (χ2n) is 8.04. The van der Waals surface area contributed by atoms with Crippen molar-refractivity contribution < 1.29 is 24.0 Å². The third kappa shape index (κ3) is 5.23. The predicted molar refractivity (Wildman–Crippen MR) is 120 cm³/mol. The molecule has 0 aromatic heterocycles. The van der Waals surface area contributed by atoms with Crippen LogP contribution in [0.5, 0.6) is 11.5 Å². The van der Waals surface area contributed by atoms with Gasteiger partial charge in [-0.25, -0.2) is 0 Å². The van der Waals surface area contributed by atoms with Crippen LogP contribution in [0.4, 0.5) is 11.4 Å². The van der Waals surface area contributed by atoms with Gasteiger partial charge in [0, 0.05) is 45.2 Å². The van der Waals surface area contributed by atoms with Crippen molar-refractivity contribution in [2.24, 2.45) is 0 Å². The number of anilines is 1. The topological polar surface area (TPSA) is 114 Å². The van der Waals surface area contributed by atoms with Crippen LogP contribution in [-0.2, 0) is 9.59 Å². The van der Waals surface area contributed by atoms with E-state index in [1.807, 2.05) is 18.2 Å². The molecule has 174 valence electrons. The molecule has 0 aliphatic carbocycles. The lowest BCUT2D eigenvalue weighted by Gasteiger charge is -2.37. The van der Waals surface area contributed by atoms with Crippen LogP contribution in [0.1, 0.15) is 12.0 Å². The molecule has 2 aromatic carbocycles. The van der Waals surface area contributed by atoms with Gasteiger partial charge < -0.3 is 19.7 Å². The maximum Gasteiger partial charge on any atom is 0.274 e. The summed E-state index contributed by atoms with van der Waals surface area (Å²) in [7, 11) is 0. The summed E-state index contributed by atoms with van der Waals surface area (Å²) in [6.07, 6.45) is -0.401. The van der Waals surface area contributed by atoms with Gasteiger partial charge in [0.05, 0.1) is 16.2 Å². The molecule has 10 heteroatoms. The molecule has 0 unspecified atom stereocenters. The SMILES string of the molecule is Cc1c(NC(=O)CCN2CCN(C(=O)[C@@H]3COc4ccccc4O3)CC2)cccc1[N+](=O)[O-]. The molecule has 2 heterocycles. The zero-order chi connectivity index (χ0) is 23.4. The summed E-state index contributed by atoms with van der Waals surface area (Å²) >= 11 is 0. The van der Waals surface area contributed by atoms with Gasteiger partial charge in [-0.1, -0.05) is 18.2 Å². The number of rotatable bonds is 6. The van der Waals surface area contributed by atoms with E-state index in [0.717, 1.165) is 0 Å². The monoisotopic (exact) mass is 454 g/mol. The quantitative estimate of drug-likeness (QED) is 0.526. The Morgan fingerprint density at radius 3 is 2.55 bits per heavy atom. The molecule has 0 spiro atoms. The predicted octanol–water partition coefficient (Wildman–Crippen LogP) is 2.22. The van der Waals surface area contributed by atoms with Crippen LogP contribution in [0.25, 0.3) is 0 Å². The highest BCUT2D eigenvalue weighted by molar-refractivity contribution is 5.92. The number of carbonyl (C=O) groups is 2. The Balaban J connectivity index is 1.22. The smallest absolute Gasteiger partial charge is 0.274 e. The third-order valence-corrected chi connectivity index (χ3v) is 5.90. The van der Waals surface area contributed by atoms with Crippen LogP contribution < -0.4 is 14.8 Å². The first-order valence-electron chi connectivity index (χ1n) is 10.9. The molecule has 1 atom stereocenters. The van der Waals surface area contributed by atoms with E-state index in [1.165, 1.54) is 6.07 Å². The third-order valence-electron chi connectivity index (χ3n) is 5.90. The molecule has 1 saturated heterocycles. The number of hydrogen-bond donors (Lipinski definition) is 1. The number of carbonyl (C=O) groups excluding carboxylic acids is 2. The van der Waals surface area contributed by atoms with E-state index in [0.29, 0.717) is 55.5 Å². The van der Waals surface area contributed by atoms with Crippen LogP contribution in [0.3, 0.4) is 0 Å². The molecule has 33 heavy (non-hydrogen) atoms. The molecule has 0 bridgehead atoms. The lowest BCUT2D eigenvalue weighted by molar-refractivity contribution is -0.385. The minimum atomic E-state index is -0.657. The number of piperazine rings is 1. The average Bonchev–Trinajstić information content (AvgIpc) is 2.83. The number of fused-ring (bicyclic) bond motifs is 1. The van der Waals surface area contributed by atoms with E-state index in [2.05, 4.69) is 10.2 Å². The normalized spacial score (nSPS) is 18.0. The van der Waals surface area contributed by atoms with E-state index in [1.54, 1.807) is 30.0 Å². The summed E-state index contributed by atoms with van der Waals surface area (Å²) in [5, 5.41) is 13.8. The van der Waals surface area contributed by atoms with E-state index >= 15 is 0 Å². The first-order valence-corrected chi connectivity index (χ1v) is 10.9. The molecule has 0 saturated carbocycles. The Bertz CT molecular complexity index is 1050. The number of nitrogens with one attached hydrogen (secondary N) is 1. The zero-order valence-electron chi connectivity index (χ0n) is 18.4. The van der Waals surface area contributed by atoms with Crippen molar-refractivity contribution in [3.8, 4) is 11.5 Å². The lowest BCUT2D eigenvalue weighted by atomic mass is 10.1. The van der Waals surface area contributed by atoms with Crippen molar-refractivity contribution in [2.75, 3.05) is 44.6 Å². The summed E-state index contributed by atoms with van der Waals surface area (Å²) in [5.41, 5.74) is 0.852. The van der Waals surface area contributed by atoms with Gasteiger partial charge in [-0.2, -0.15) is 0 Å². The van der Waals surface area contributed by atoms with Gasteiger partial charge in [0.25, 0.3) is 11.6 Å². The molecular weight excluding hydrogens is 428 g/mol. The van der Waals surface area contributed by atoms with Crippen LogP contribution in [0.15, 0.2) is 42.5 Å². The number of nitro groups is 1. The van der Waals surface area contributed by atoms with Gasteiger partial charge in [0.1, 0.15) is 6.61 Å². The van der Waals surface area contributed by atoms with Crippen LogP contribution in [0.2, 0.25) is 0 Å². The highest BCUT2D eigenvalue weighted by Crippen LogP contribution is 2.31. The molecule has 1 fully saturated rings. The van der Waals surface area contributed by atoms with Crippen molar-refractivity contribution in [1.82, 2.24) is 9.80 Å². The van der Waals surface area contributed by atoms with E-state index < -0.39 is 11.0 Å². The lowest BCUT2D eigenvalue weighted by Crippen LogP contribution is -2.54. The summed E-state index contributed by atoms with van der Waals surface area (Å²) in [6.45, 7) is 4.74. The number of nitrogens with zero attached hydrogens (tertiary/aromatic N) is 3. The molecule has 2 aromatic rings. The van der Waals surface area contributed by atoms with E-state index in [4.69, 9.17) is 9.47 Å². The largest absolute Gasteiger partial charge is 0.485 e. The van der Waals surface area contributed by atoms with Crippen molar-refractivity contribution in [3.63, 3.8) is 0 Å². The molecule has 2 amide bonds. The Labute approximate surface area is 191 Å². The summed E-state index contributed by atoms with van der Waals surface area (Å²) in [4.78, 5) is 39.7. The van der Waals surface area contributed by atoms with Gasteiger partial charge in [-0.3, -0.25) is 24.6 Å². The minimum Gasteiger partial charge on any atom is -0.485 e. The fourth-order valence-electron chi connectivity index (χ4n) is 3.97. The second-order valence-corrected chi connectivity index (χ2v) is 8.04. The van der Waals surface area contributed by atoms with Crippen LogP contribution >= 0.6 is 0 Å². The highest BCUT2D eigenvalue weighted by Gasteiger charge is 2.32. The Morgan fingerprint density at radius 1 is 1.09 bits per heavy atom. The summed E-state index contributed by atoms with van der Waals surface area (Å²) in [6, 6.07) is 11.9. The van der Waals surface area contributed by atoms with Gasteiger partial charge in [-0.15, -0.1) is 0 Å². The summed E-state index contributed by atoms with van der Waals surface area (Å²) in [5.74, 6) is 0.919. The number of ether oxygens (including phenoxy) is 2. The zero-order valence-corrected chi connectivity index (χ0v) is 18.4. The molecule has 2 aliphatic heterocycles. The maximum absolute atomic E-state index is 12.8. The molecule has 1 N–H and O–H groups in total. The first kappa shape index (κ1) is 22.5. The Hall–Kier alpha value is -3.66. The van der Waals surface area contributed by atoms with Gasteiger partial charge in [-0.05, 0) is 25.1 Å². The standard InChI is InChI=1S/C23H26N4O6/c1-16-17(5-4-6-18(16)27(30)31)24-22(28)9-10-25-11-13-26(14-12-25)23(29)21-15-32-19-7-2-3-8-20(19)33-21/h2-8,21H,9-15H2,1H3,(H,24,28)/t21-/m0/s1. The van der Waals surface area contributed by atoms with Crippen LogP contribution in [0, 0.1) is 17.0 Å². The van der Waals surface area contributed by atoms with E-state index in [9.17, 15) is 19.7 Å². The Morgan fingerprint density at radius 2 is 1.82 bits per heavy atom. The molecular formula is C23H26N4O6. The average molecular weight is 454 g/mol. The van der Waals surface area contributed by atoms with Gasteiger partial charge in [0.15, 0.2) is 11.5 Å². The van der Waals surface area contributed by atoms with E-state index in [-0.39, 0.29) is 30.5 Å².